The second-order valence-corrected chi connectivity index (χ2v) is 5.04. The number of methoxy groups -OCH3 is 1. The monoisotopic (exact) mass is 282 g/mol. The number of hydrogen-bond donors (Lipinski definition) is 1. The molecule has 0 bridgehead atoms. The van der Waals surface area contributed by atoms with Crippen LogP contribution in [-0.4, -0.2) is 49.4 Å². The Labute approximate surface area is 119 Å². The number of aromatic nitrogens is 2. The number of anilines is 1. The molecule has 1 aromatic heterocycles. The average molecular weight is 282 g/mol. The first-order chi connectivity index (χ1) is 9.76. The van der Waals surface area contributed by atoms with Crippen molar-refractivity contribution < 1.29 is 9.13 Å². The summed E-state index contributed by atoms with van der Waals surface area (Å²) in [7, 11) is 1.65. The molecule has 1 aromatic rings. The number of rotatable bonds is 7. The molecule has 0 saturated carbocycles. The van der Waals surface area contributed by atoms with Gasteiger partial charge in [0.15, 0.2) is 11.6 Å². The molecule has 6 heteroatoms. The Morgan fingerprint density at radius 1 is 1.50 bits per heavy atom. The maximum atomic E-state index is 14.4. The Balaban J connectivity index is 2.16. The van der Waals surface area contributed by atoms with Crippen molar-refractivity contribution in [2.24, 2.45) is 0 Å². The molecule has 1 unspecified atom stereocenters. The van der Waals surface area contributed by atoms with Crippen molar-refractivity contribution in [3.63, 3.8) is 0 Å². The first kappa shape index (κ1) is 15.1. The van der Waals surface area contributed by atoms with Gasteiger partial charge in [0.05, 0.1) is 12.3 Å². The second-order valence-electron chi connectivity index (χ2n) is 5.04. The maximum absolute atomic E-state index is 14.4. The Morgan fingerprint density at radius 3 is 3.00 bits per heavy atom. The molecular weight excluding hydrogens is 259 g/mol. The molecule has 0 amide bonds. The van der Waals surface area contributed by atoms with Crippen LogP contribution in [0.2, 0.25) is 0 Å². The van der Waals surface area contributed by atoms with Crippen LogP contribution in [0.15, 0.2) is 6.33 Å². The minimum absolute atomic E-state index is 0.302. The van der Waals surface area contributed by atoms with Gasteiger partial charge in [-0.2, -0.15) is 0 Å². The fraction of sp³-hybridized carbons (Fsp3) is 0.714. The van der Waals surface area contributed by atoms with E-state index in [9.17, 15) is 4.39 Å². The van der Waals surface area contributed by atoms with Gasteiger partial charge in [-0.25, -0.2) is 14.4 Å². The van der Waals surface area contributed by atoms with E-state index in [1.165, 1.54) is 12.7 Å². The number of hydrogen-bond acceptors (Lipinski definition) is 5. The Morgan fingerprint density at radius 2 is 2.35 bits per heavy atom. The highest BCUT2D eigenvalue weighted by molar-refractivity contribution is 5.41. The van der Waals surface area contributed by atoms with Crippen molar-refractivity contribution >= 4 is 5.82 Å². The zero-order valence-electron chi connectivity index (χ0n) is 12.2. The van der Waals surface area contributed by atoms with Crippen molar-refractivity contribution in [2.45, 2.75) is 32.2 Å². The van der Waals surface area contributed by atoms with Crippen LogP contribution < -0.4 is 10.2 Å². The van der Waals surface area contributed by atoms with E-state index in [0.29, 0.717) is 37.1 Å². The van der Waals surface area contributed by atoms with Gasteiger partial charge in [0.1, 0.15) is 6.33 Å². The first-order valence-corrected chi connectivity index (χ1v) is 7.22. The minimum atomic E-state index is -0.302. The van der Waals surface area contributed by atoms with Gasteiger partial charge in [0.2, 0.25) is 0 Å². The van der Waals surface area contributed by atoms with Gasteiger partial charge >= 0.3 is 0 Å². The molecular formula is C14H23FN4O. The van der Waals surface area contributed by atoms with E-state index in [0.717, 1.165) is 19.5 Å². The summed E-state index contributed by atoms with van der Waals surface area (Å²) in [6, 6.07) is 0.395. The Hall–Kier alpha value is -1.27. The van der Waals surface area contributed by atoms with Crippen LogP contribution in [0.4, 0.5) is 10.2 Å². The molecule has 1 aliphatic rings. The van der Waals surface area contributed by atoms with Crippen LogP contribution in [-0.2, 0) is 11.2 Å². The molecule has 1 saturated heterocycles. The lowest BCUT2D eigenvalue weighted by Gasteiger charge is -2.27. The van der Waals surface area contributed by atoms with E-state index in [1.807, 2.05) is 11.8 Å². The number of nitrogens with one attached hydrogen (secondary N) is 1. The zero-order valence-corrected chi connectivity index (χ0v) is 12.2. The molecule has 0 aliphatic carbocycles. The fourth-order valence-corrected chi connectivity index (χ4v) is 2.53. The molecule has 2 rings (SSSR count). The lowest BCUT2D eigenvalue weighted by molar-refractivity contribution is 0.204. The number of nitrogens with zero attached hydrogens (tertiary/aromatic N) is 3. The SMILES string of the molecule is CCc1ncnc(N(CCOC)CC2CCCN2)c1F. The van der Waals surface area contributed by atoms with Crippen LogP contribution >= 0.6 is 0 Å². The maximum Gasteiger partial charge on any atom is 0.187 e. The van der Waals surface area contributed by atoms with Crippen LogP contribution in [0.3, 0.4) is 0 Å². The van der Waals surface area contributed by atoms with Crippen molar-refractivity contribution in [3.8, 4) is 0 Å². The molecule has 0 radical (unpaired) electrons. The van der Waals surface area contributed by atoms with Crippen LogP contribution in [0.1, 0.15) is 25.5 Å². The van der Waals surface area contributed by atoms with Crippen molar-refractivity contribution in [1.82, 2.24) is 15.3 Å². The smallest absolute Gasteiger partial charge is 0.187 e. The highest BCUT2D eigenvalue weighted by Crippen LogP contribution is 2.19. The molecule has 1 atom stereocenters. The van der Waals surface area contributed by atoms with Gasteiger partial charge in [0, 0.05) is 26.2 Å². The number of halogens is 1. The van der Waals surface area contributed by atoms with E-state index in [1.54, 1.807) is 7.11 Å². The van der Waals surface area contributed by atoms with Crippen LogP contribution in [0.5, 0.6) is 0 Å². The molecule has 2 heterocycles. The van der Waals surface area contributed by atoms with Gasteiger partial charge in [-0.3, -0.25) is 0 Å². The first-order valence-electron chi connectivity index (χ1n) is 7.22. The summed E-state index contributed by atoms with van der Waals surface area (Å²) in [6.45, 7) is 4.87. The molecule has 1 N–H and O–H groups in total. The summed E-state index contributed by atoms with van der Waals surface area (Å²) in [5.41, 5.74) is 0.469. The normalized spacial score (nSPS) is 18.4. The van der Waals surface area contributed by atoms with Gasteiger partial charge < -0.3 is 15.0 Å². The van der Waals surface area contributed by atoms with Gasteiger partial charge in [-0.1, -0.05) is 6.92 Å². The summed E-state index contributed by atoms with van der Waals surface area (Å²) in [6.07, 6.45) is 4.31. The third-order valence-corrected chi connectivity index (χ3v) is 3.65. The zero-order chi connectivity index (χ0) is 14.4. The largest absolute Gasteiger partial charge is 0.383 e. The van der Waals surface area contributed by atoms with Gasteiger partial charge in [-0.15, -0.1) is 0 Å². The lowest BCUT2D eigenvalue weighted by atomic mass is 10.2. The highest BCUT2D eigenvalue weighted by atomic mass is 19.1. The second kappa shape index (κ2) is 7.50. The molecule has 5 nitrogen and oxygen atoms in total. The minimum Gasteiger partial charge on any atom is -0.383 e. The van der Waals surface area contributed by atoms with E-state index in [4.69, 9.17) is 4.74 Å². The van der Waals surface area contributed by atoms with E-state index < -0.39 is 0 Å². The molecule has 0 aromatic carbocycles. The number of aryl methyl sites for hydroxylation is 1. The van der Waals surface area contributed by atoms with Gasteiger partial charge in [-0.05, 0) is 25.8 Å². The molecule has 0 spiro atoms. The summed E-state index contributed by atoms with van der Waals surface area (Å²) < 4.78 is 19.5. The third-order valence-electron chi connectivity index (χ3n) is 3.65. The number of ether oxygens (including phenoxy) is 1. The van der Waals surface area contributed by atoms with Crippen molar-refractivity contribution in [3.05, 3.63) is 17.8 Å². The molecule has 112 valence electrons. The van der Waals surface area contributed by atoms with E-state index >= 15 is 0 Å². The summed E-state index contributed by atoms with van der Waals surface area (Å²) in [5, 5.41) is 3.43. The summed E-state index contributed by atoms with van der Waals surface area (Å²) in [4.78, 5) is 10.1. The van der Waals surface area contributed by atoms with Crippen LogP contribution in [0, 0.1) is 5.82 Å². The van der Waals surface area contributed by atoms with E-state index in [-0.39, 0.29) is 5.82 Å². The van der Waals surface area contributed by atoms with Crippen molar-refractivity contribution in [1.29, 1.82) is 0 Å². The standard InChI is InChI=1S/C14H23FN4O/c1-3-12-13(15)14(18-10-17-12)19(7-8-20-2)9-11-5-4-6-16-11/h10-11,16H,3-9H2,1-2H3. The highest BCUT2D eigenvalue weighted by Gasteiger charge is 2.22. The quantitative estimate of drug-likeness (QED) is 0.819. The van der Waals surface area contributed by atoms with E-state index in [2.05, 4.69) is 15.3 Å². The average Bonchev–Trinajstić information content (AvgIpc) is 2.97. The fourth-order valence-electron chi connectivity index (χ4n) is 2.53. The summed E-state index contributed by atoms with van der Waals surface area (Å²) in [5.74, 6) is 0.0895. The summed E-state index contributed by atoms with van der Waals surface area (Å²) >= 11 is 0. The predicted molar refractivity (Wildman–Crippen MR) is 76.5 cm³/mol. The Kier molecular flexibility index (Phi) is 5.67. The lowest BCUT2D eigenvalue weighted by Crippen LogP contribution is -2.40. The third kappa shape index (κ3) is 3.64. The molecule has 20 heavy (non-hydrogen) atoms. The predicted octanol–water partition coefficient (Wildman–Crippen LogP) is 1.38. The molecule has 1 fully saturated rings. The van der Waals surface area contributed by atoms with Crippen molar-refractivity contribution in [2.75, 3.05) is 38.3 Å². The van der Waals surface area contributed by atoms with Crippen LogP contribution in [0.25, 0.3) is 0 Å². The Bertz CT molecular complexity index is 424. The topological polar surface area (TPSA) is 50.3 Å². The molecule has 1 aliphatic heterocycles. The van der Waals surface area contributed by atoms with Gasteiger partial charge in [0.25, 0.3) is 0 Å².